The quantitative estimate of drug-likeness (QED) is 0.873. The molecule has 20 heavy (non-hydrogen) atoms. The summed E-state index contributed by atoms with van der Waals surface area (Å²) in [5, 5.41) is 14.4. The van der Waals surface area contributed by atoms with Gasteiger partial charge in [0.2, 0.25) is 5.91 Å². The van der Waals surface area contributed by atoms with Gasteiger partial charge in [-0.05, 0) is 5.92 Å². The fourth-order valence-corrected chi connectivity index (χ4v) is 2.54. The summed E-state index contributed by atoms with van der Waals surface area (Å²) in [5.74, 6) is -1.48. The second-order valence-corrected chi connectivity index (χ2v) is 7.06. The van der Waals surface area contributed by atoms with Crippen LogP contribution >= 0.6 is 11.3 Å². The average Bonchev–Trinajstić information content (AvgIpc) is 2.73. The number of carboxylic acids is 1. The SMILES string of the molecule is CC(C)C(NC(=O)Cc1csc(C(C)(C)C)n1)C(=O)O. The molecule has 1 unspecified atom stereocenters. The highest BCUT2D eigenvalue weighted by Gasteiger charge is 2.24. The number of aromatic nitrogens is 1. The van der Waals surface area contributed by atoms with Gasteiger partial charge in [-0.15, -0.1) is 11.3 Å². The van der Waals surface area contributed by atoms with E-state index in [-0.39, 0.29) is 23.7 Å². The Labute approximate surface area is 123 Å². The van der Waals surface area contributed by atoms with Crippen LogP contribution in [0.15, 0.2) is 5.38 Å². The zero-order valence-electron chi connectivity index (χ0n) is 12.6. The summed E-state index contributed by atoms with van der Waals surface area (Å²) in [7, 11) is 0. The second kappa shape index (κ2) is 6.35. The molecule has 0 aliphatic heterocycles. The lowest BCUT2D eigenvalue weighted by Crippen LogP contribution is -2.44. The van der Waals surface area contributed by atoms with Crippen LogP contribution in [0, 0.1) is 5.92 Å². The van der Waals surface area contributed by atoms with Crippen molar-refractivity contribution >= 4 is 23.2 Å². The first-order valence-electron chi connectivity index (χ1n) is 6.58. The first-order valence-corrected chi connectivity index (χ1v) is 7.46. The molecule has 0 saturated carbocycles. The summed E-state index contributed by atoms with van der Waals surface area (Å²) in [6.07, 6.45) is 0.114. The third-order valence-electron chi connectivity index (χ3n) is 2.78. The lowest BCUT2D eigenvalue weighted by molar-refractivity contribution is -0.143. The van der Waals surface area contributed by atoms with Crippen LogP contribution in [0.1, 0.15) is 45.3 Å². The van der Waals surface area contributed by atoms with Gasteiger partial charge < -0.3 is 10.4 Å². The van der Waals surface area contributed by atoms with Crippen LogP contribution in [-0.2, 0) is 21.4 Å². The predicted molar refractivity (Wildman–Crippen MR) is 78.9 cm³/mol. The standard InChI is InChI=1S/C14H22N2O3S/c1-8(2)11(12(18)19)16-10(17)6-9-7-20-13(15-9)14(3,4)5/h7-8,11H,6H2,1-5H3,(H,16,17)(H,18,19). The molecule has 0 fully saturated rings. The molecule has 0 saturated heterocycles. The maximum absolute atomic E-state index is 11.9. The van der Waals surface area contributed by atoms with Crippen LogP contribution in [0.5, 0.6) is 0 Å². The molecular weight excluding hydrogens is 276 g/mol. The van der Waals surface area contributed by atoms with Crippen molar-refractivity contribution in [1.29, 1.82) is 0 Å². The Morgan fingerprint density at radius 3 is 2.40 bits per heavy atom. The van der Waals surface area contributed by atoms with Crippen molar-refractivity contribution in [2.45, 2.75) is 52.5 Å². The topological polar surface area (TPSA) is 79.3 Å². The molecule has 1 amide bonds. The van der Waals surface area contributed by atoms with Gasteiger partial charge in [0.05, 0.1) is 17.1 Å². The highest BCUT2D eigenvalue weighted by Crippen LogP contribution is 2.25. The smallest absolute Gasteiger partial charge is 0.326 e. The third-order valence-corrected chi connectivity index (χ3v) is 4.10. The zero-order valence-corrected chi connectivity index (χ0v) is 13.4. The molecule has 1 aromatic rings. The Bertz CT molecular complexity index is 489. The molecule has 5 nitrogen and oxygen atoms in total. The molecular formula is C14H22N2O3S. The largest absolute Gasteiger partial charge is 0.480 e. The maximum Gasteiger partial charge on any atom is 0.326 e. The van der Waals surface area contributed by atoms with Crippen LogP contribution in [0.2, 0.25) is 0 Å². The number of amides is 1. The Morgan fingerprint density at radius 1 is 1.40 bits per heavy atom. The van der Waals surface area contributed by atoms with E-state index in [0.29, 0.717) is 5.69 Å². The van der Waals surface area contributed by atoms with Gasteiger partial charge >= 0.3 is 5.97 Å². The van der Waals surface area contributed by atoms with E-state index in [1.165, 1.54) is 11.3 Å². The van der Waals surface area contributed by atoms with Crippen LogP contribution in [0.25, 0.3) is 0 Å². The van der Waals surface area contributed by atoms with Crippen molar-refractivity contribution in [3.05, 3.63) is 16.1 Å². The van der Waals surface area contributed by atoms with Gasteiger partial charge in [-0.3, -0.25) is 4.79 Å². The highest BCUT2D eigenvalue weighted by molar-refractivity contribution is 7.09. The van der Waals surface area contributed by atoms with Crippen LogP contribution in [-0.4, -0.2) is 28.0 Å². The molecule has 1 atom stereocenters. The van der Waals surface area contributed by atoms with E-state index in [0.717, 1.165) is 5.01 Å². The van der Waals surface area contributed by atoms with Crippen LogP contribution in [0.4, 0.5) is 0 Å². The number of carboxylic acid groups (broad SMARTS) is 1. The molecule has 0 aliphatic carbocycles. The van der Waals surface area contributed by atoms with Gasteiger partial charge in [0.1, 0.15) is 6.04 Å². The normalized spacial score (nSPS) is 13.3. The fourth-order valence-electron chi connectivity index (χ4n) is 1.64. The lowest BCUT2D eigenvalue weighted by Gasteiger charge is -2.17. The summed E-state index contributed by atoms with van der Waals surface area (Å²) >= 11 is 1.52. The summed E-state index contributed by atoms with van der Waals surface area (Å²) in [6.45, 7) is 9.72. The third kappa shape index (κ3) is 4.59. The molecule has 0 bridgehead atoms. The van der Waals surface area contributed by atoms with Gasteiger partial charge in [-0.2, -0.15) is 0 Å². The Hall–Kier alpha value is -1.43. The van der Waals surface area contributed by atoms with Gasteiger partial charge in [-0.1, -0.05) is 34.6 Å². The minimum absolute atomic E-state index is 0.0407. The maximum atomic E-state index is 11.9. The van der Waals surface area contributed by atoms with E-state index < -0.39 is 12.0 Å². The molecule has 6 heteroatoms. The van der Waals surface area contributed by atoms with Crippen molar-refractivity contribution in [3.8, 4) is 0 Å². The lowest BCUT2D eigenvalue weighted by atomic mass is 9.98. The second-order valence-electron chi connectivity index (χ2n) is 6.20. The Balaban J connectivity index is 2.67. The van der Waals surface area contributed by atoms with E-state index >= 15 is 0 Å². The minimum atomic E-state index is -1.01. The number of hydrogen-bond donors (Lipinski definition) is 2. The first kappa shape index (κ1) is 16.6. The van der Waals surface area contributed by atoms with E-state index in [1.807, 2.05) is 5.38 Å². The number of hydrogen-bond acceptors (Lipinski definition) is 4. The summed E-state index contributed by atoms with van der Waals surface area (Å²) in [4.78, 5) is 27.3. The highest BCUT2D eigenvalue weighted by atomic mass is 32.1. The summed E-state index contributed by atoms with van der Waals surface area (Å²) < 4.78 is 0. The number of carbonyl (C=O) groups is 2. The number of carbonyl (C=O) groups excluding carboxylic acids is 1. The number of thiazole rings is 1. The first-order chi connectivity index (χ1) is 9.11. The van der Waals surface area contributed by atoms with Crippen LogP contribution < -0.4 is 5.32 Å². The van der Waals surface area contributed by atoms with E-state index in [9.17, 15) is 9.59 Å². The molecule has 0 radical (unpaired) electrons. The van der Waals surface area contributed by atoms with Crippen LogP contribution in [0.3, 0.4) is 0 Å². The minimum Gasteiger partial charge on any atom is -0.480 e. The van der Waals surface area contributed by atoms with E-state index in [1.54, 1.807) is 13.8 Å². The number of nitrogens with one attached hydrogen (secondary N) is 1. The predicted octanol–water partition coefficient (Wildman–Crippen LogP) is 2.21. The van der Waals surface area contributed by atoms with Crippen molar-refractivity contribution in [1.82, 2.24) is 10.3 Å². The van der Waals surface area contributed by atoms with Gasteiger partial charge in [0.15, 0.2) is 0 Å². The van der Waals surface area contributed by atoms with Crippen molar-refractivity contribution in [3.63, 3.8) is 0 Å². The monoisotopic (exact) mass is 298 g/mol. The van der Waals surface area contributed by atoms with Gasteiger partial charge in [0.25, 0.3) is 0 Å². The summed E-state index contributed by atoms with van der Waals surface area (Å²) in [6, 6.07) is -0.858. The van der Waals surface area contributed by atoms with Gasteiger partial charge in [0, 0.05) is 10.8 Å². The summed E-state index contributed by atoms with van der Waals surface area (Å²) in [5.41, 5.74) is 0.645. The number of rotatable bonds is 5. The molecule has 1 rings (SSSR count). The molecule has 0 aliphatic rings. The van der Waals surface area contributed by atoms with Gasteiger partial charge in [-0.25, -0.2) is 9.78 Å². The molecule has 112 valence electrons. The Morgan fingerprint density at radius 2 is 2.00 bits per heavy atom. The number of nitrogens with zero attached hydrogens (tertiary/aromatic N) is 1. The van der Waals surface area contributed by atoms with Crippen molar-refractivity contribution < 1.29 is 14.7 Å². The number of aliphatic carboxylic acids is 1. The molecule has 2 N–H and O–H groups in total. The molecule has 1 heterocycles. The Kier molecular flexibility index (Phi) is 5.28. The van der Waals surface area contributed by atoms with Crippen molar-refractivity contribution in [2.24, 2.45) is 5.92 Å². The zero-order chi connectivity index (χ0) is 15.5. The van der Waals surface area contributed by atoms with E-state index in [4.69, 9.17) is 5.11 Å². The van der Waals surface area contributed by atoms with E-state index in [2.05, 4.69) is 31.1 Å². The van der Waals surface area contributed by atoms with Crippen molar-refractivity contribution in [2.75, 3.05) is 0 Å². The molecule has 0 aromatic carbocycles. The average molecular weight is 298 g/mol. The molecule has 0 spiro atoms. The molecule has 1 aromatic heterocycles. The fraction of sp³-hybridized carbons (Fsp3) is 0.643.